The largest absolute Gasteiger partial charge is 0.302 e. The molecule has 0 spiro atoms. The van der Waals surface area contributed by atoms with E-state index in [1.54, 1.807) is 30.5 Å². The summed E-state index contributed by atoms with van der Waals surface area (Å²) in [5.41, 5.74) is 1.20. The molecule has 10 heteroatoms. The van der Waals surface area contributed by atoms with Gasteiger partial charge in [0.15, 0.2) is 5.13 Å². The molecule has 2 aromatic carbocycles. The Morgan fingerprint density at radius 3 is 2.56 bits per heavy atom. The molecule has 1 saturated carbocycles. The summed E-state index contributed by atoms with van der Waals surface area (Å²) in [6.07, 6.45) is 4.20. The van der Waals surface area contributed by atoms with Crippen LogP contribution in [0.5, 0.6) is 0 Å². The monoisotopic (exact) mass is 477 g/mol. The SMILES string of the molecule is O=C(CCc1ccc(S(=O)(=O)NC2CC2)cc1)Nc1ncc(Cc2ccc(F)cc2F)s1. The molecule has 2 N–H and O–H groups in total. The second-order valence-electron chi connectivity index (χ2n) is 7.63. The van der Waals surface area contributed by atoms with Gasteiger partial charge in [-0.2, -0.15) is 0 Å². The van der Waals surface area contributed by atoms with Crippen LogP contribution >= 0.6 is 11.3 Å². The lowest BCUT2D eigenvalue weighted by Crippen LogP contribution is -2.25. The zero-order valence-corrected chi connectivity index (χ0v) is 18.6. The van der Waals surface area contributed by atoms with Crippen molar-refractivity contribution in [2.45, 2.75) is 43.0 Å². The van der Waals surface area contributed by atoms with E-state index in [1.165, 1.54) is 23.5 Å². The van der Waals surface area contributed by atoms with Crippen LogP contribution in [0, 0.1) is 11.6 Å². The molecule has 0 unspecified atom stereocenters. The zero-order valence-electron chi connectivity index (χ0n) is 17.0. The van der Waals surface area contributed by atoms with Gasteiger partial charge in [-0.05, 0) is 48.6 Å². The van der Waals surface area contributed by atoms with E-state index in [2.05, 4.69) is 15.0 Å². The molecule has 0 aliphatic heterocycles. The molecule has 6 nitrogen and oxygen atoms in total. The van der Waals surface area contributed by atoms with E-state index in [0.717, 1.165) is 29.3 Å². The summed E-state index contributed by atoms with van der Waals surface area (Å²) in [7, 11) is -3.49. The maximum atomic E-state index is 13.8. The molecule has 1 heterocycles. The van der Waals surface area contributed by atoms with Crippen molar-refractivity contribution < 1.29 is 22.0 Å². The van der Waals surface area contributed by atoms with Gasteiger partial charge in [0.25, 0.3) is 0 Å². The zero-order chi connectivity index (χ0) is 22.7. The van der Waals surface area contributed by atoms with Crippen molar-refractivity contribution in [3.8, 4) is 0 Å². The lowest BCUT2D eigenvalue weighted by Gasteiger charge is -2.07. The Bertz CT molecular complexity index is 1220. The number of hydrogen-bond donors (Lipinski definition) is 2. The van der Waals surface area contributed by atoms with Crippen molar-refractivity contribution >= 4 is 32.4 Å². The number of benzene rings is 2. The highest BCUT2D eigenvalue weighted by molar-refractivity contribution is 7.89. The smallest absolute Gasteiger partial charge is 0.240 e. The molecular weight excluding hydrogens is 456 g/mol. The number of aryl methyl sites for hydroxylation is 1. The Hall–Kier alpha value is -2.69. The van der Waals surface area contributed by atoms with E-state index in [1.807, 2.05) is 0 Å². The highest BCUT2D eigenvalue weighted by atomic mass is 32.2. The predicted molar refractivity (Wildman–Crippen MR) is 118 cm³/mol. The number of sulfonamides is 1. The fourth-order valence-corrected chi connectivity index (χ4v) is 5.22. The maximum Gasteiger partial charge on any atom is 0.240 e. The quantitative estimate of drug-likeness (QED) is 0.487. The molecular formula is C22H21F2N3O3S2. The van der Waals surface area contributed by atoms with E-state index in [9.17, 15) is 22.0 Å². The van der Waals surface area contributed by atoms with E-state index in [-0.39, 0.29) is 29.7 Å². The van der Waals surface area contributed by atoms with Gasteiger partial charge in [-0.1, -0.05) is 18.2 Å². The fraction of sp³-hybridized carbons (Fsp3) is 0.273. The molecule has 1 amide bonds. The van der Waals surface area contributed by atoms with Gasteiger partial charge >= 0.3 is 0 Å². The molecule has 3 aromatic rings. The molecule has 0 bridgehead atoms. The predicted octanol–water partition coefficient (Wildman–Crippen LogP) is 4.02. The van der Waals surface area contributed by atoms with Crippen LogP contribution < -0.4 is 10.0 Å². The first-order chi connectivity index (χ1) is 15.3. The van der Waals surface area contributed by atoms with Gasteiger partial charge in [0, 0.05) is 36.0 Å². The average Bonchev–Trinajstić information content (AvgIpc) is 3.44. The number of carbonyl (C=O) groups is 1. The maximum absolute atomic E-state index is 13.8. The number of nitrogens with zero attached hydrogens (tertiary/aromatic N) is 1. The summed E-state index contributed by atoms with van der Waals surface area (Å²) < 4.78 is 53.8. The summed E-state index contributed by atoms with van der Waals surface area (Å²) in [6.45, 7) is 0. The summed E-state index contributed by atoms with van der Waals surface area (Å²) in [5, 5.41) is 3.12. The van der Waals surface area contributed by atoms with E-state index in [0.29, 0.717) is 17.1 Å². The molecule has 1 aromatic heterocycles. The van der Waals surface area contributed by atoms with Crippen molar-refractivity contribution in [1.82, 2.24) is 9.71 Å². The van der Waals surface area contributed by atoms with Gasteiger partial charge in [-0.3, -0.25) is 4.79 Å². The lowest BCUT2D eigenvalue weighted by molar-refractivity contribution is -0.116. The highest BCUT2D eigenvalue weighted by Crippen LogP contribution is 2.24. The molecule has 0 saturated heterocycles. The van der Waals surface area contributed by atoms with Crippen LogP contribution in [0.3, 0.4) is 0 Å². The Labute approximate surface area is 188 Å². The van der Waals surface area contributed by atoms with E-state index in [4.69, 9.17) is 0 Å². The Morgan fingerprint density at radius 2 is 1.88 bits per heavy atom. The van der Waals surface area contributed by atoms with Gasteiger partial charge in [-0.15, -0.1) is 11.3 Å². The second kappa shape index (κ2) is 9.43. The van der Waals surface area contributed by atoms with Crippen molar-refractivity contribution in [1.29, 1.82) is 0 Å². The molecule has 1 fully saturated rings. The van der Waals surface area contributed by atoms with Gasteiger partial charge < -0.3 is 5.32 Å². The normalized spacial score (nSPS) is 13.8. The van der Waals surface area contributed by atoms with E-state index < -0.39 is 21.7 Å². The molecule has 0 radical (unpaired) electrons. The summed E-state index contributed by atoms with van der Waals surface area (Å²) in [6, 6.07) is 9.96. The van der Waals surface area contributed by atoms with Crippen LogP contribution in [-0.4, -0.2) is 25.4 Å². The number of anilines is 1. The third-order valence-electron chi connectivity index (χ3n) is 4.95. The Kier molecular flexibility index (Phi) is 6.63. The third kappa shape index (κ3) is 5.96. The molecule has 0 atom stereocenters. The molecule has 1 aliphatic carbocycles. The number of aromatic nitrogens is 1. The molecule has 168 valence electrons. The van der Waals surface area contributed by atoms with Crippen LogP contribution in [0.2, 0.25) is 0 Å². The van der Waals surface area contributed by atoms with Gasteiger partial charge in [-0.25, -0.2) is 26.9 Å². The van der Waals surface area contributed by atoms with Crippen LogP contribution in [0.1, 0.15) is 35.3 Å². The average molecular weight is 478 g/mol. The Morgan fingerprint density at radius 1 is 1.12 bits per heavy atom. The van der Waals surface area contributed by atoms with Gasteiger partial charge in [0.05, 0.1) is 4.90 Å². The van der Waals surface area contributed by atoms with Crippen molar-refractivity contribution in [3.05, 3.63) is 76.3 Å². The van der Waals surface area contributed by atoms with Crippen molar-refractivity contribution in [2.75, 3.05) is 5.32 Å². The van der Waals surface area contributed by atoms with Crippen LogP contribution in [-0.2, 0) is 27.7 Å². The summed E-state index contributed by atoms with van der Waals surface area (Å²) >= 11 is 1.23. The van der Waals surface area contributed by atoms with Crippen LogP contribution in [0.15, 0.2) is 53.6 Å². The highest BCUT2D eigenvalue weighted by Gasteiger charge is 2.27. The minimum atomic E-state index is -3.49. The Balaban J connectivity index is 1.28. The van der Waals surface area contributed by atoms with Crippen molar-refractivity contribution in [3.63, 3.8) is 0 Å². The number of carbonyl (C=O) groups excluding carboxylic acids is 1. The van der Waals surface area contributed by atoms with Gasteiger partial charge in [0.1, 0.15) is 11.6 Å². The number of halogens is 2. The summed E-state index contributed by atoms with van der Waals surface area (Å²) in [5.74, 6) is -1.48. The molecule has 32 heavy (non-hydrogen) atoms. The topological polar surface area (TPSA) is 88.2 Å². The van der Waals surface area contributed by atoms with Gasteiger partial charge in [0.2, 0.25) is 15.9 Å². The van der Waals surface area contributed by atoms with Crippen molar-refractivity contribution in [2.24, 2.45) is 0 Å². The van der Waals surface area contributed by atoms with E-state index >= 15 is 0 Å². The van der Waals surface area contributed by atoms with Crippen LogP contribution in [0.25, 0.3) is 0 Å². The second-order valence-corrected chi connectivity index (χ2v) is 10.5. The number of amides is 1. The lowest BCUT2D eigenvalue weighted by atomic mass is 10.1. The third-order valence-corrected chi connectivity index (χ3v) is 7.40. The first-order valence-corrected chi connectivity index (χ1v) is 12.4. The number of nitrogens with one attached hydrogen (secondary N) is 2. The van der Waals surface area contributed by atoms with Crippen LogP contribution in [0.4, 0.5) is 13.9 Å². The summed E-state index contributed by atoms with van der Waals surface area (Å²) in [4.78, 5) is 17.3. The standard InChI is InChI=1S/C22H21F2N3O3S2/c23-16-5-4-15(20(24)12-16)11-18-13-25-22(31-18)26-21(28)10-3-14-1-8-19(9-2-14)32(29,30)27-17-6-7-17/h1-2,4-5,8-9,12-13,17,27H,3,6-7,10-11H2,(H,25,26,28). The minimum Gasteiger partial charge on any atom is -0.302 e. The number of thiazole rings is 1. The first-order valence-electron chi connectivity index (χ1n) is 10.1. The molecule has 1 aliphatic rings. The first kappa shape index (κ1) is 22.5. The molecule has 4 rings (SSSR count). The number of rotatable bonds is 9. The number of hydrogen-bond acceptors (Lipinski definition) is 5. The fourth-order valence-electron chi connectivity index (χ4n) is 3.06. The minimum absolute atomic E-state index is 0.0458.